The Kier molecular flexibility index (Phi) is 3.66. The van der Waals surface area contributed by atoms with Gasteiger partial charge < -0.3 is 5.73 Å². The van der Waals surface area contributed by atoms with Crippen molar-refractivity contribution in [1.82, 2.24) is 4.98 Å². The van der Waals surface area contributed by atoms with Crippen molar-refractivity contribution in [3.63, 3.8) is 0 Å². The van der Waals surface area contributed by atoms with Gasteiger partial charge in [-0.15, -0.1) is 0 Å². The largest absolute Gasteiger partial charge is 0.396 e. The van der Waals surface area contributed by atoms with Crippen LogP contribution >= 0.6 is 0 Å². The van der Waals surface area contributed by atoms with Gasteiger partial charge in [-0.1, -0.05) is 0 Å². The highest BCUT2D eigenvalue weighted by molar-refractivity contribution is 7.84. The van der Waals surface area contributed by atoms with Crippen LogP contribution in [0.15, 0.2) is 41.6 Å². The Morgan fingerprint density at radius 3 is 2.50 bits per heavy atom. The molecule has 1 atom stereocenters. The summed E-state index contributed by atoms with van der Waals surface area (Å²) in [4.78, 5) is 4.19. The fourth-order valence-corrected chi connectivity index (χ4v) is 2.68. The Morgan fingerprint density at radius 1 is 1.22 bits per heavy atom. The minimum Gasteiger partial charge on any atom is -0.396 e. The highest BCUT2D eigenvalue weighted by Crippen LogP contribution is 2.18. The van der Waals surface area contributed by atoms with Crippen molar-refractivity contribution in [3.05, 3.63) is 53.9 Å². The molecule has 0 radical (unpaired) electrons. The van der Waals surface area contributed by atoms with E-state index < -0.39 is 22.4 Å². The normalized spacial score (nSPS) is 12.3. The molecule has 1 heterocycles. The number of halogens is 2. The van der Waals surface area contributed by atoms with Crippen LogP contribution in [0.5, 0.6) is 0 Å². The van der Waals surface area contributed by atoms with Gasteiger partial charge in [0.2, 0.25) is 0 Å². The second-order valence-electron chi connectivity index (χ2n) is 3.68. The summed E-state index contributed by atoms with van der Waals surface area (Å²) in [7, 11) is -1.46. The zero-order valence-corrected chi connectivity index (χ0v) is 10.1. The summed E-state index contributed by atoms with van der Waals surface area (Å²) >= 11 is 0. The lowest BCUT2D eigenvalue weighted by atomic mass is 10.2. The number of hydrogen-bond donors (Lipinski definition) is 1. The molecule has 0 aliphatic heterocycles. The van der Waals surface area contributed by atoms with E-state index in [0.717, 1.165) is 18.2 Å². The number of nitrogen functional groups attached to an aromatic ring is 1. The number of hydrogen-bond acceptors (Lipinski definition) is 3. The fraction of sp³-hybridized carbons (Fsp3) is 0.0833. The molecule has 18 heavy (non-hydrogen) atoms. The summed E-state index contributed by atoms with van der Waals surface area (Å²) < 4.78 is 38.0. The SMILES string of the molecule is Nc1cnccc1S(=O)Cc1cc(F)cc(F)c1. The fourth-order valence-electron chi connectivity index (χ4n) is 1.52. The molecule has 2 N–H and O–H groups in total. The van der Waals surface area contributed by atoms with Gasteiger partial charge in [0.1, 0.15) is 11.6 Å². The molecular formula is C12H10F2N2OS. The summed E-state index contributed by atoms with van der Waals surface area (Å²) in [6.07, 6.45) is 2.86. The first-order chi connectivity index (χ1) is 8.56. The number of anilines is 1. The van der Waals surface area contributed by atoms with Crippen molar-refractivity contribution >= 4 is 16.5 Å². The number of nitrogens with two attached hydrogens (primary N) is 1. The molecule has 3 nitrogen and oxygen atoms in total. The van der Waals surface area contributed by atoms with Crippen molar-refractivity contribution in [2.24, 2.45) is 0 Å². The maximum Gasteiger partial charge on any atom is 0.126 e. The lowest BCUT2D eigenvalue weighted by Crippen LogP contribution is -2.02. The van der Waals surface area contributed by atoms with Crippen LogP contribution in [0.1, 0.15) is 5.56 Å². The number of aromatic nitrogens is 1. The van der Waals surface area contributed by atoms with Crippen LogP contribution in [0, 0.1) is 11.6 Å². The molecule has 1 aromatic carbocycles. The van der Waals surface area contributed by atoms with E-state index in [4.69, 9.17) is 5.73 Å². The first-order valence-corrected chi connectivity index (χ1v) is 6.41. The number of nitrogens with zero attached hydrogens (tertiary/aromatic N) is 1. The van der Waals surface area contributed by atoms with Gasteiger partial charge in [-0.05, 0) is 23.8 Å². The highest BCUT2D eigenvalue weighted by Gasteiger charge is 2.10. The lowest BCUT2D eigenvalue weighted by molar-refractivity contribution is 0.581. The van der Waals surface area contributed by atoms with E-state index in [1.165, 1.54) is 18.5 Å². The van der Waals surface area contributed by atoms with E-state index in [-0.39, 0.29) is 5.75 Å². The van der Waals surface area contributed by atoms with Gasteiger partial charge in [0, 0.05) is 12.3 Å². The van der Waals surface area contributed by atoms with E-state index in [1.54, 1.807) is 0 Å². The van der Waals surface area contributed by atoms with E-state index >= 15 is 0 Å². The summed E-state index contributed by atoms with van der Waals surface area (Å²) in [6, 6.07) is 4.60. The Bertz CT molecular complexity index is 584. The molecule has 2 aromatic rings. The molecule has 0 fully saturated rings. The number of benzene rings is 1. The highest BCUT2D eigenvalue weighted by atomic mass is 32.2. The average Bonchev–Trinajstić information content (AvgIpc) is 2.27. The van der Waals surface area contributed by atoms with Gasteiger partial charge in [0.25, 0.3) is 0 Å². The van der Waals surface area contributed by atoms with Crippen LogP contribution in [0.3, 0.4) is 0 Å². The molecule has 0 aliphatic carbocycles. The molecule has 0 bridgehead atoms. The minimum absolute atomic E-state index is 0.00287. The summed E-state index contributed by atoms with van der Waals surface area (Å²) in [5.74, 6) is -1.38. The second kappa shape index (κ2) is 5.22. The monoisotopic (exact) mass is 268 g/mol. The van der Waals surface area contributed by atoms with Crippen molar-refractivity contribution in [2.75, 3.05) is 5.73 Å². The predicted molar refractivity (Wildman–Crippen MR) is 65.1 cm³/mol. The first kappa shape index (κ1) is 12.6. The van der Waals surface area contributed by atoms with Gasteiger partial charge in [0.15, 0.2) is 0 Å². The molecule has 94 valence electrons. The zero-order chi connectivity index (χ0) is 13.1. The van der Waals surface area contributed by atoms with Crippen LogP contribution in [0.25, 0.3) is 0 Å². The standard InChI is InChI=1S/C12H10F2N2OS/c13-9-3-8(4-10(14)5-9)7-18(17)12-1-2-16-6-11(12)15/h1-6H,7,15H2. The lowest BCUT2D eigenvalue weighted by Gasteiger charge is -2.05. The van der Waals surface area contributed by atoms with Crippen molar-refractivity contribution in [3.8, 4) is 0 Å². The molecule has 0 saturated heterocycles. The van der Waals surface area contributed by atoms with Crippen LogP contribution in [-0.2, 0) is 16.6 Å². The zero-order valence-electron chi connectivity index (χ0n) is 9.27. The molecule has 2 rings (SSSR count). The third-order valence-electron chi connectivity index (χ3n) is 2.28. The number of pyridine rings is 1. The van der Waals surface area contributed by atoms with E-state index in [0.29, 0.717) is 16.1 Å². The Morgan fingerprint density at radius 2 is 1.89 bits per heavy atom. The summed E-state index contributed by atoms with van der Waals surface area (Å²) in [5, 5.41) is 0. The maximum absolute atomic E-state index is 13.0. The van der Waals surface area contributed by atoms with Gasteiger partial charge in [-0.25, -0.2) is 8.78 Å². The third kappa shape index (κ3) is 2.89. The molecular weight excluding hydrogens is 258 g/mol. The first-order valence-electron chi connectivity index (χ1n) is 5.09. The topological polar surface area (TPSA) is 56.0 Å². The predicted octanol–water partition coefficient (Wildman–Crippen LogP) is 2.25. The molecule has 1 aromatic heterocycles. The average molecular weight is 268 g/mol. The Balaban J connectivity index is 2.24. The Labute approximate surface area is 105 Å². The quantitative estimate of drug-likeness (QED) is 0.928. The molecule has 6 heteroatoms. The van der Waals surface area contributed by atoms with Gasteiger partial charge in [-0.2, -0.15) is 0 Å². The minimum atomic E-state index is -1.46. The Hall–Kier alpha value is -1.82. The second-order valence-corrected chi connectivity index (χ2v) is 5.10. The van der Waals surface area contributed by atoms with Crippen molar-refractivity contribution in [1.29, 1.82) is 0 Å². The molecule has 0 aliphatic rings. The number of rotatable bonds is 3. The van der Waals surface area contributed by atoms with Crippen LogP contribution in [0.4, 0.5) is 14.5 Å². The van der Waals surface area contributed by atoms with Crippen LogP contribution in [-0.4, -0.2) is 9.19 Å². The van der Waals surface area contributed by atoms with Crippen LogP contribution < -0.4 is 5.73 Å². The molecule has 1 unspecified atom stereocenters. The molecule has 0 amide bonds. The summed E-state index contributed by atoms with van der Waals surface area (Å²) in [6.45, 7) is 0. The summed E-state index contributed by atoms with van der Waals surface area (Å²) in [5.41, 5.74) is 6.25. The van der Waals surface area contributed by atoms with Gasteiger partial charge >= 0.3 is 0 Å². The third-order valence-corrected chi connectivity index (χ3v) is 3.73. The van der Waals surface area contributed by atoms with E-state index in [1.807, 2.05) is 0 Å². The maximum atomic E-state index is 13.0. The van der Waals surface area contributed by atoms with E-state index in [9.17, 15) is 13.0 Å². The smallest absolute Gasteiger partial charge is 0.126 e. The molecule has 0 spiro atoms. The van der Waals surface area contributed by atoms with Crippen LogP contribution in [0.2, 0.25) is 0 Å². The van der Waals surface area contributed by atoms with Gasteiger partial charge in [0.05, 0.1) is 33.3 Å². The van der Waals surface area contributed by atoms with Crippen molar-refractivity contribution in [2.45, 2.75) is 10.6 Å². The molecule has 0 saturated carbocycles. The van der Waals surface area contributed by atoms with Crippen molar-refractivity contribution < 1.29 is 13.0 Å². The van der Waals surface area contributed by atoms with Gasteiger partial charge in [-0.3, -0.25) is 9.19 Å². The van der Waals surface area contributed by atoms with E-state index in [2.05, 4.69) is 4.98 Å².